The van der Waals surface area contributed by atoms with E-state index in [0.717, 1.165) is 27.8 Å². The van der Waals surface area contributed by atoms with Crippen molar-refractivity contribution in [3.8, 4) is 17.2 Å². The average molecular weight is 585 g/mol. The first-order valence-corrected chi connectivity index (χ1v) is 14.2. The third kappa shape index (κ3) is 6.45. The average Bonchev–Trinajstić information content (AvgIpc) is 3.15. The lowest BCUT2D eigenvalue weighted by atomic mass is 9.86. The molecule has 2 unspecified atom stereocenters. The van der Waals surface area contributed by atoms with Gasteiger partial charge in [-0.15, -0.1) is 0 Å². The molecular formula is C30H36N2O8S. The Morgan fingerprint density at radius 3 is 2.41 bits per heavy atom. The van der Waals surface area contributed by atoms with Crippen LogP contribution in [0.1, 0.15) is 61.9 Å². The highest BCUT2D eigenvalue weighted by atomic mass is 32.2. The zero-order valence-electron chi connectivity index (χ0n) is 24.4. The summed E-state index contributed by atoms with van der Waals surface area (Å²) in [6, 6.07) is 7.20. The maximum Gasteiger partial charge on any atom is 0.326 e. The van der Waals surface area contributed by atoms with E-state index < -0.39 is 40.1 Å². The molecule has 1 saturated heterocycles. The summed E-state index contributed by atoms with van der Waals surface area (Å²) in [4.78, 5) is 38.3. The smallest absolute Gasteiger partial charge is 0.326 e. The molecule has 11 heteroatoms. The van der Waals surface area contributed by atoms with E-state index in [0.29, 0.717) is 40.3 Å². The molecule has 0 aliphatic carbocycles. The lowest BCUT2D eigenvalue weighted by molar-refractivity contribution is -0.157. The molecule has 0 bridgehead atoms. The Morgan fingerprint density at radius 1 is 1.15 bits per heavy atom. The van der Waals surface area contributed by atoms with Gasteiger partial charge in [-0.05, 0) is 83.7 Å². The van der Waals surface area contributed by atoms with Crippen LogP contribution in [0, 0.1) is 20.8 Å². The van der Waals surface area contributed by atoms with Crippen LogP contribution in [0.3, 0.4) is 0 Å². The fraction of sp³-hybridized carbons (Fsp3) is 0.467. The minimum Gasteiger partial charge on any atom is -0.507 e. The van der Waals surface area contributed by atoms with Crippen LogP contribution in [0.2, 0.25) is 0 Å². The number of carbonyl (C=O) groups excluding carboxylic acids is 3. The third-order valence-electron chi connectivity index (χ3n) is 7.12. The zero-order chi connectivity index (χ0) is 30.3. The summed E-state index contributed by atoms with van der Waals surface area (Å²) in [6.07, 6.45) is 0.589. The van der Waals surface area contributed by atoms with Crippen LogP contribution in [-0.2, 0) is 20.7 Å². The Kier molecular flexibility index (Phi) is 8.31. The SMILES string of the molecule is Cc1c(C)c2c(c(C)c1O)/C(=N/O)CC(C)(COc1ccc(CC3SC(=O)N(CC(=O)OC(C)(C)C)C3=O)cc1)O2. The molecule has 0 saturated carbocycles. The molecular weight excluding hydrogens is 548 g/mol. The highest BCUT2D eigenvalue weighted by Crippen LogP contribution is 2.43. The van der Waals surface area contributed by atoms with Crippen molar-refractivity contribution in [1.82, 2.24) is 4.90 Å². The predicted octanol–water partition coefficient (Wildman–Crippen LogP) is 5.06. The summed E-state index contributed by atoms with van der Waals surface area (Å²) in [6.45, 7) is 12.2. The Bertz CT molecular complexity index is 1410. The summed E-state index contributed by atoms with van der Waals surface area (Å²) in [7, 11) is 0. The lowest BCUT2D eigenvalue weighted by Crippen LogP contribution is -2.45. The Balaban J connectivity index is 1.39. The Hall–Kier alpha value is -3.73. The van der Waals surface area contributed by atoms with Crippen molar-refractivity contribution in [2.45, 2.75) is 77.8 Å². The van der Waals surface area contributed by atoms with Crippen molar-refractivity contribution in [2.75, 3.05) is 13.2 Å². The Labute approximate surface area is 243 Å². The van der Waals surface area contributed by atoms with Gasteiger partial charge in [-0.3, -0.25) is 19.3 Å². The van der Waals surface area contributed by atoms with E-state index in [-0.39, 0.29) is 18.8 Å². The lowest BCUT2D eigenvalue weighted by Gasteiger charge is -2.37. The Morgan fingerprint density at radius 2 is 1.80 bits per heavy atom. The van der Waals surface area contributed by atoms with Gasteiger partial charge in [0.05, 0.1) is 11.0 Å². The quantitative estimate of drug-likeness (QED) is 0.260. The number of oxime groups is 1. The first-order chi connectivity index (χ1) is 19.1. The maximum absolute atomic E-state index is 12.8. The molecule has 2 aliphatic rings. The largest absolute Gasteiger partial charge is 0.507 e. The van der Waals surface area contributed by atoms with Gasteiger partial charge in [-0.25, -0.2) is 0 Å². The number of esters is 1. The molecule has 2 atom stereocenters. The highest BCUT2D eigenvalue weighted by Gasteiger charge is 2.42. The number of hydrogen-bond acceptors (Lipinski definition) is 10. The summed E-state index contributed by atoms with van der Waals surface area (Å²) in [5.74, 6) is 0.257. The van der Waals surface area contributed by atoms with Gasteiger partial charge in [-0.2, -0.15) is 0 Å². The number of amides is 2. The topological polar surface area (TPSA) is 135 Å². The van der Waals surface area contributed by atoms with E-state index in [2.05, 4.69) is 5.16 Å². The number of carbonyl (C=O) groups is 3. The zero-order valence-corrected chi connectivity index (χ0v) is 25.2. The molecule has 220 valence electrons. The molecule has 4 rings (SSSR count). The van der Waals surface area contributed by atoms with Gasteiger partial charge in [0.15, 0.2) is 0 Å². The van der Waals surface area contributed by atoms with Crippen LogP contribution >= 0.6 is 11.8 Å². The molecule has 10 nitrogen and oxygen atoms in total. The highest BCUT2D eigenvalue weighted by molar-refractivity contribution is 8.15. The van der Waals surface area contributed by atoms with Crippen LogP contribution in [0.15, 0.2) is 29.4 Å². The van der Waals surface area contributed by atoms with E-state index in [9.17, 15) is 24.7 Å². The number of fused-ring (bicyclic) bond motifs is 1. The second kappa shape index (κ2) is 11.3. The van der Waals surface area contributed by atoms with Crippen LogP contribution in [0.25, 0.3) is 0 Å². The number of benzene rings is 2. The molecule has 0 radical (unpaired) electrons. The second-order valence-electron chi connectivity index (χ2n) is 11.7. The number of nitrogens with zero attached hydrogens (tertiary/aromatic N) is 2. The first kappa shape index (κ1) is 30.2. The summed E-state index contributed by atoms with van der Waals surface area (Å²) < 4.78 is 17.7. The molecule has 1 fully saturated rings. The number of ether oxygens (including phenoxy) is 3. The van der Waals surface area contributed by atoms with Gasteiger partial charge >= 0.3 is 5.97 Å². The van der Waals surface area contributed by atoms with E-state index in [1.807, 2.05) is 32.9 Å². The van der Waals surface area contributed by atoms with Crippen LogP contribution < -0.4 is 9.47 Å². The minimum atomic E-state index is -0.835. The van der Waals surface area contributed by atoms with Crippen molar-refractivity contribution >= 4 is 34.6 Å². The summed E-state index contributed by atoms with van der Waals surface area (Å²) >= 11 is 0.905. The third-order valence-corrected chi connectivity index (χ3v) is 8.19. The summed E-state index contributed by atoms with van der Waals surface area (Å²) in [5, 5.41) is 22.7. The van der Waals surface area contributed by atoms with Crippen molar-refractivity contribution in [1.29, 1.82) is 0 Å². The number of hydrogen-bond donors (Lipinski definition) is 2. The standard InChI is InChI=1S/C30H36N2O8S/c1-16-17(2)26-24(18(3)25(16)34)21(31-37)13-30(7,40-26)15-38-20-10-8-19(9-11-20)12-22-27(35)32(28(36)41-22)14-23(33)39-29(4,5)6/h8-11,22,34,37H,12-15H2,1-7H3/b31-21+. The second-order valence-corrected chi connectivity index (χ2v) is 12.9. The number of imide groups is 1. The van der Waals surface area contributed by atoms with Crippen molar-refractivity contribution in [2.24, 2.45) is 5.16 Å². The maximum atomic E-state index is 12.8. The van der Waals surface area contributed by atoms with Crippen molar-refractivity contribution in [3.05, 3.63) is 52.1 Å². The number of phenols is 1. The van der Waals surface area contributed by atoms with E-state index in [4.69, 9.17) is 14.2 Å². The van der Waals surface area contributed by atoms with E-state index in [1.54, 1.807) is 39.8 Å². The number of aromatic hydroxyl groups is 1. The molecule has 41 heavy (non-hydrogen) atoms. The van der Waals surface area contributed by atoms with Gasteiger partial charge < -0.3 is 24.5 Å². The van der Waals surface area contributed by atoms with E-state index >= 15 is 0 Å². The molecule has 2 N–H and O–H groups in total. The number of thioether (sulfide) groups is 1. The number of rotatable bonds is 7. The molecule has 2 heterocycles. The monoisotopic (exact) mass is 584 g/mol. The molecule has 0 spiro atoms. The molecule has 2 amide bonds. The predicted molar refractivity (Wildman–Crippen MR) is 154 cm³/mol. The molecule has 2 aromatic carbocycles. The van der Waals surface area contributed by atoms with Gasteiger partial charge in [-0.1, -0.05) is 29.1 Å². The first-order valence-electron chi connectivity index (χ1n) is 13.3. The van der Waals surface area contributed by atoms with Crippen LogP contribution in [-0.4, -0.2) is 67.6 Å². The molecule has 0 aromatic heterocycles. The fourth-order valence-corrected chi connectivity index (χ4v) is 5.95. The van der Waals surface area contributed by atoms with Gasteiger partial charge in [0.25, 0.3) is 5.24 Å². The number of phenolic OH excluding ortho intramolecular Hbond substituents is 1. The summed E-state index contributed by atoms with van der Waals surface area (Å²) in [5.41, 5.74) is 2.37. The van der Waals surface area contributed by atoms with Gasteiger partial charge in [0, 0.05) is 17.5 Å². The normalized spacial score (nSPS) is 21.6. The molecule has 2 aliphatic heterocycles. The fourth-order valence-electron chi connectivity index (χ4n) is 4.92. The van der Waals surface area contributed by atoms with Gasteiger partial charge in [0.2, 0.25) is 5.91 Å². The minimum absolute atomic E-state index is 0.156. The van der Waals surface area contributed by atoms with Crippen LogP contribution in [0.4, 0.5) is 4.79 Å². The van der Waals surface area contributed by atoms with Gasteiger partial charge in [0.1, 0.15) is 41.6 Å². The van der Waals surface area contributed by atoms with Crippen molar-refractivity contribution < 1.29 is 38.9 Å². The van der Waals surface area contributed by atoms with E-state index in [1.165, 1.54) is 0 Å². The van der Waals surface area contributed by atoms with Crippen molar-refractivity contribution in [3.63, 3.8) is 0 Å². The van der Waals surface area contributed by atoms with Crippen LogP contribution in [0.5, 0.6) is 17.2 Å². The molecule has 2 aromatic rings.